The fraction of sp³-hybridized carbons (Fsp3) is 0.385. The molecule has 0 N–H and O–H groups in total. The lowest BCUT2D eigenvalue weighted by Crippen LogP contribution is -2.29. The van der Waals surface area contributed by atoms with E-state index in [4.69, 9.17) is 14.5 Å². The molecule has 0 amide bonds. The molecule has 2 unspecified atom stereocenters. The number of fused-ring (bicyclic) bond motifs is 1. The van der Waals surface area contributed by atoms with Crippen LogP contribution >= 0.6 is 11.8 Å². The summed E-state index contributed by atoms with van der Waals surface area (Å²) < 4.78 is 12.2. The van der Waals surface area contributed by atoms with Crippen LogP contribution in [0.3, 0.4) is 0 Å². The zero-order valence-electron chi connectivity index (χ0n) is 19.6. The molecule has 4 rings (SSSR count). The second kappa shape index (κ2) is 10.5. The Morgan fingerprint density at radius 3 is 2.59 bits per heavy atom. The predicted molar refractivity (Wildman–Crippen MR) is 132 cm³/mol. The molecule has 2 heterocycles. The number of carbonyl (C=O) groups excluding carboxylic acids is 2. The van der Waals surface area contributed by atoms with Gasteiger partial charge >= 0.3 is 5.97 Å². The zero-order chi connectivity index (χ0) is 24.2. The van der Waals surface area contributed by atoms with E-state index in [0.29, 0.717) is 40.3 Å². The first kappa shape index (κ1) is 24.2. The van der Waals surface area contributed by atoms with Crippen LogP contribution < -0.4 is 5.56 Å². The van der Waals surface area contributed by atoms with E-state index in [9.17, 15) is 14.4 Å². The Morgan fingerprint density at radius 1 is 1.21 bits per heavy atom. The van der Waals surface area contributed by atoms with Gasteiger partial charge in [-0.2, -0.15) is 0 Å². The van der Waals surface area contributed by atoms with E-state index in [1.54, 1.807) is 22.8 Å². The second-order valence-corrected chi connectivity index (χ2v) is 9.65. The van der Waals surface area contributed by atoms with Crippen molar-refractivity contribution in [3.8, 4) is 0 Å². The van der Waals surface area contributed by atoms with E-state index in [-0.39, 0.29) is 17.4 Å². The lowest BCUT2D eigenvalue weighted by molar-refractivity contribution is 0.0600. The van der Waals surface area contributed by atoms with Crippen LogP contribution in [0.25, 0.3) is 10.9 Å². The maximum Gasteiger partial charge on any atom is 0.337 e. The van der Waals surface area contributed by atoms with Crippen LogP contribution in [0.4, 0.5) is 0 Å². The largest absolute Gasteiger partial charge is 0.465 e. The normalized spacial score (nSPS) is 16.5. The topological polar surface area (TPSA) is 87.5 Å². The number of benzene rings is 2. The summed E-state index contributed by atoms with van der Waals surface area (Å²) in [4.78, 5) is 43.2. The van der Waals surface area contributed by atoms with Gasteiger partial charge in [-0.05, 0) is 49.9 Å². The van der Waals surface area contributed by atoms with Gasteiger partial charge in [0.15, 0.2) is 10.9 Å². The number of aromatic nitrogens is 2. The minimum Gasteiger partial charge on any atom is -0.465 e. The Kier molecular flexibility index (Phi) is 7.48. The number of nitrogens with zero attached hydrogens (tertiary/aromatic N) is 2. The summed E-state index contributed by atoms with van der Waals surface area (Å²) in [6.07, 6.45) is 2.66. The van der Waals surface area contributed by atoms with Gasteiger partial charge in [-0.1, -0.05) is 43.0 Å². The number of rotatable bonds is 8. The molecule has 1 aliphatic heterocycles. The van der Waals surface area contributed by atoms with Crippen molar-refractivity contribution in [3.05, 3.63) is 69.5 Å². The van der Waals surface area contributed by atoms with Gasteiger partial charge in [0.05, 0.1) is 41.5 Å². The number of esters is 1. The first-order valence-electron chi connectivity index (χ1n) is 11.5. The van der Waals surface area contributed by atoms with Crippen LogP contribution in [0, 0.1) is 0 Å². The number of hydrogen-bond donors (Lipinski definition) is 0. The molecule has 1 aliphatic rings. The molecule has 2 aromatic carbocycles. The molecule has 0 saturated carbocycles. The Hall–Kier alpha value is -2.97. The number of thioether (sulfide) groups is 1. The van der Waals surface area contributed by atoms with E-state index in [1.807, 2.05) is 31.2 Å². The minimum absolute atomic E-state index is 0.0334. The third kappa shape index (κ3) is 5.08. The molecule has 1 aromatic heterocycles. The van der Waals surface area contributed by atoms with Gasteiger partial charge in [-0.25, -0.2) is 9.78 Å². The van der Waals surface area contributed by atoms with Gasteiger partial charge in [0.1, 0.15) is 0 Å². The maximum atomic E-state index is 13.4. The summed E-state index contributed by atoms with van der Waals surface area (Å²) in [5.74, 6) is -0.533. The van der Waals surface area contributed by atoms with Gasteiger partial charge in [0.25, 0.3) is 5.56 Å². The van der Waals surface area contributed by atoms with Crippen LogP contribution in [0.2, 0.25) is 0 Å². The molecule has 0 radical (unpaired) electrons. The van der Waals surface area contributed by atoms with Crippen molar-refractivity contribution in [2.75, 3.05) is 13.7 Å². The summed E-state index contributed by atoms with van der Waals surface area (Å²) in [5, 5.41) is 0.376. The lowest BCUT2D eigenvalue weighted by atomic mass is 10.1. The van der Waals surface area contributed by atoms with E-state index in [0.717, 1.165) is 19.3 Å². The van der Waals surface area contributed by atoms with Crippen LogP contribution in [0.15, 0.2) is 52.4 Å². The second-order valence-electron chi connectivity index (χ2n) is 8.34. The van der Waals surface area contributed by atoms with Crippen LogP contribution in [0.5, 0.6) is 0 Å². The van der Waals surface area contributed by atoms with E-state index in [2.05, 4.69) is 6.92 Å². The average Bonchev–Trinajstić information content (AvgIpc) is 3.38. The molecule has 7 nitrogen and oxygen atoms in total. The summed E-state index contributed by atoms with van der Waals surface area (Å²) in [5.41, 5.74) is 2.28. The Balaban J connectivity index is 1.71. The quantitative estimate of drug-likeness (QED) is 0.206. The molecule has 0 aliphatic carbocycles. The summed E-state index contributed by atoms with van der Waals surface area (Å²) in [6.45, 7) is 4.93. The fourth-order valence-electron chi connectivity index (χ4n) is 4.04. The van der Waals surface area contributed by atoms with E-state index in [1.165, 1.54) is 24.4 Å². The molecule has 34 heavy (non-hydrogen) atoms. The molecule has 1 fully saturated rings. The minimum atomic E-state index is -0.500. The smallest absolute Gasteiger partial charge is 0.337 e. The van der Waals surface area contributed by atoms with Crippen molar-refractivity contribution in [1.29, 1.82) is 0 Å². The maximum absolute atomic E-state index is 13.4. The zero-order valence-corrected chi connectivity index (χ0v) is 20.4. The molecule has 8 heteroatoms. The van der Waals surface area contributed by atoms with Crippen molar-refractivity contribution >= 4 is 34.4 Å². The fourth-order valence-corrected chi connectivity index (χ4v) is 5.03. The number of Topliss-reactive ketones (excluding diaryl/α,β-unsaturated/α-hetero) is 1. The van der Waals surface area contributed by atoms with E-state index < -0.39 is 11.2 Å². The molecule has 1 saturated heterocycles. The number of carbonyl (C=O) groups is 2. The molecular formula is C26H28N2O5S. The molecule has 2 atom stereocenters. The van der Waals surface area contributed by atoms with Crippen LogP contribution in [0.1, 0.15) is 53.0 Å². The Morgan fingerprint density at radius 2 is 1.94 bits per heavy atom. The van der Waals surface area contributed by atoms with Gasteiger partial charge < -0.3 is 9.47 Å². The molecule has 178 valence electrons. The number of methoxy groups -OCH3 is 1. The van der Waals surface area contributed by atoms with Gasteiger partial charge in [-0.3, -0.25) is 14.2 Å². The van der Waals surface area contributed by atoms with Crippen LogP contribution in [-0.4, -0.2) is 46.4 Å². The number of ketones is 1. The van der Waals surface area contributed by atoms with Crippen molar-refractivity contribution in [2.24, 2.45) is 0 Å². The number of hydrogen-bond acceptors (Lipinski definition) is 7. The van der Waals surface area contributed by atoms with Crippen molar-refractivity contribution < 1.29 is 19.1 Å². The third-order valence-corrected chi connectivity index (χ3v) is 7.14. The van der Waals surface area contributed by atoms with Crippen molar-refractivity contribution in [3.63, 3.8) is 0 Å². The Labute approximate surface area is 202 Å². The number of aryl methyl sites for hydroxylation is 1. The monoisotopic (exact) mass is 480 g/mol. The summed E-state index contributed by atoms with van der Waals surface area (Å²) in [6, 6.07) is 12.3. The molecule has 0 bridgehead atoms. The predicted octanol–water partition coefficient (Wildman–Crippen LogP) is 4.29. The first-order valence-corrected chi connectivity index (χ1v) is 12.3. The average molecular weight is 481 g/mol. The van der Waals surface area contributed by atoms with E-state index >= 15 is 0 Å². The van der Waals surface area contributed by atoms with Crippen molar-refractivity contribution in [1.82, 2.24) is 9.55 Å². The highest BCUT2D eigenvalue weighted by atomic mass is 32.2. The first-order chi connectivity index (χ1) is 16.4. The van der Waals surface area contributed by atoms with Crippen molar-refractivity contribution in [2.45, 2.75) is 56.2 Å². The van der Waals surface area contributed by atoms with Crippen LogP contribution in [-0.2, 0) is 22.4 Å². The summed E-state index contributed by atoms with van der Waals surface area (Å²) >= 11 is 1.25. The Bertz CT molecular complexity index is 1260. The van der Waals surface area contributed by atoms with Gasteiger partial charge in [-0.15, -0.1) is 0 Å². The van der Waals surface area contributed by atoms with Gasteiger partial charge in [0.2, 0.25) is 0 Å². The third-order valence-electron chi connectivity index (χ3n) is 6.05. The summed E-state index contributed by atoms with van der Waals surface area (Å²) in [7, 11) is 1.31. The molecule has 0 spiro atoms. The highest BCUT2D eigenvalue weighted by Crippen LogP contribution is 2.27. The molecule has 3 aromatic rings. The lowest BCUT2D eigenvalue weighted by Gasteiger charge is -2.18. The van der Waals surface area contributed by atoms with Gasteiger partial charge in [0, 0.05) is 12.2 Å². The SMILES string of the molecule is CCc1ccc(C(=O)C(C)Sc2nc3cc(C(=O)OC)ccc3c(=O)n2CC2CCCO2)cc1. The standard InChI is InChI=1S/C26H28N2O5S/c1-4-17-7-9-18(10-8-17)23(29)16(2)34-26-27-22-14-19(25(31)32-3)11-12-21(22)24(30)28(26)15-20-6-5-13-33-20/h7-12,14,16,20H,4-6,13,15H2,1-3H3. The number of ether oxygens (including phenoxy) is 2. The highest BCUT2D eigenvalue weighted by molar-refractivity contribution is 8.00. The molecular weight excluding hydrogens is 452 g/mol. The highest BCUT2D eigenvalue weighted by Gasteiger charge is 2.24.